The Morgan fingerprint density at radius 3 is 2.47 bits per heavy atom. The van der Waals surface area contributed by atoms with Gasteiger partial charge < -0.3 is 5.32 Å². The second kappa shape index (κ2) is 4.85. The molecule has 0 bridgehead atoms. The van der Waals surface area contributed by atoms with Gasteiger partial charge in [0.1, 0.15) is 17.3 Å². The normalized spacial score (nSPS) is 10.9. The van der Waals surface area contributed by atoms with Crippen molar-refractivity contribution in [3.8, 4) is 0 Å². The number of hydrogen-bond donors (Lipinski definition) is 1. The fraction of sp³-hybridized carbons (Fsp3) is 0. The van der Waals surface area contributed by atoms with Crippen LogP contribution >= 0.6 is 34.8 Å². The van der Waals surface area contributed by atoms with Crippen molar-refractivity contribution in [3.63, 3.8) is 0 Å². The molecule has 0 fully saturated rings. The minimum atomic E-state index is 0.316. The van der Waals surface area contributed by atoms with Gasteiger partial charge >= 0.3 is 0 Å². The topological polar surface area (TPSA) is 55.1 Å². The standard InChI is InChI=1S/C11H6Cl3N5/c12-6-1-7(13)3-8(2-6)17-10-4-9(14)18-11-15-5-16-19(10)11/h1-5,17H. The van der Waals surface area contributed by atoms with Gasteiger partial charge in [-0.3, -0.25) is 0 Å². The first kappa shape index (κ1) is 12.5. The lowest BCUT2D eigenvalue weighted by molar-refractivity contribution is 0.947. The molecule has 0 saturated heterocycles. The van der Waals surface area contributed by atoms with Crippen molar-refractivity contribution in [3.05, 3.63) is 45.8 Å². The molecule has 19 heavy (non-hydrogen) atoms. The van der Waals surface area contributed by atoms with Gasteiger partial charge in [-0.25, -0.2) is 0 Å². The minimum Gasteiger partial charge on any atom is -0.340 e. The molecule has 0 aliphatic heterocycles. The van der Waals surface area contributed by atoms with Crippen molar-refractivity contribution >= 4 is 52.1 Å². The van der Waals surface area contributed by atoms with Crippen molar-refractivity contribution < 1.29 is 0 Å². The number of hydrogen-bond acceptors (Lipinski definition) is 4. The van der Waals surface area contributed by atoms with E-state index in [2.05, 4.69) is 20.4 Å². The van der Waals surface area contributed by atoms with E-state index in [0.29, 0.717) is 26.8 Å². The monoisotopic (exact) mass is 313 g/mol. The molecule has 3 rings (SSSR count). The summed E-state index contributed by atoms with van der Waals surface area (Å²) < 4.78 is 1.53. The van der Waals surface area contributed by atoms with Crippen molar-refractivity contribution in [2.45, 2.75) is 0 Å². The second-order valence-electron chi connectivity index (χ2n) is 3.72. The number of rotatable bonds is 2. The van der Waals surface area contributed by atoms with Gasteiger partial charge in [0.05, 0.1) is 0 Å². The van der Waals surface area contributed by atoms with Gasteiger partial charge in [0.25, 0.3) is 5.78 Å². The van der Waals surface area contributed by atoms with E-state index >= 15 is 0 Å². The van der Waals surface area contributed by atoms with E-state index in [1.807, 2.05) is 0 Å². The molecule has 0 atom stereocenters. The Balaban J connectivity index is 2.07. The largest absolute Gasteiger partial charge is 0.340 e. The molecule has 2 aromatic heterocycles. The highest BCUT2D eigenvalue weighted by molar-refractivity contribution is 6.35. The highest BCUT2D eigenvalue weighted by atomic mass is 35.5. The smallest absolute Gasteiger partial charge is 0.255 e. The van der Waals surface area contributed by atoms with Crippen LogP contribution in [0.15, 0.2) is 30.6 Å². The maximum Gasteiger partial charge on any atom is 0.255 e. The molecule has 0 amide bonds. The lowest BCUT2D eigenvalue weighted by Gasteiger charge is -2.09. The van der Waals surface area contributed by atoms with Gasteiger partial charge in [-0.15, -0.1) is 0 Å². The van der Waals surface area contributed by atoms with E-state index in [9.17, 15) is 0 Å². The maximum absolute atomic E-state index is 5.95. The van der Waals surface area contributed by atoms with Gasteiger partial charge in [-0.2, -0.15) is 19.6 Å². The number of anilines is 2. The molecule has 8 heteroatoms. The third-order valence-corrected chi connectivity index (χ3v) is 2.99. The lowest BCUT2D eigenvalue weighted by Crippen LogP contribution is -2.01. The van der Waals surface area contributed by atoms with E-state index in [4.69, 9.17) is 34.8 Å². The Kier molecular flexibility index (Phi) is 3.18. The summed E-state index contributed by atoms with van der Waals surface area (Å²) >= 11 is 17.8. The van der Waals surface area contributed by atoms with Gasteiger partial charge in [0.15, 0.2) is 0 Å². The molecule has 3 aromatic rings. The molecule has 96 valence electrons. The van der Waals surface area contributed by atoms with Crippen LogP contribution in [0.5, 0.6) is 0 Å². The summed E-state index contributed by atoms with van der Waals surface area (Å²) in [5.74, 6) is 1.02. The zero-order valence-corrected chi connectivity index (χ0v) is 11.6. The van der Waals surface area contributed by atoms with E-state index < -0.39 is 0 Å². The molecular weight excluding hydrogens is 309 g/mol. The lowest BCUT2D eigenvalue weighted by atomic mass is 10.3. The van der Waals surface area contributed by atoms with E-state index in [1.165, 1.54) is 10.8 Å². The molecule has 2 heterocycles. The number of fused-ring (bicyclic) bond motifs is 1. The van der Waals surface area contributed by atoms with Crippen LogP contribution < -0.4 is 5.32 Å². The maximum atomic E-state index is 5.95. The quantitative estimate of drug-likeness (QED) is 0.730. The van der Waals surface area contributed by atoms with Crippen LogP contribution in [0.25, 0.3) is 5.78 Å². The number of halogens is 3. The molecule has 0 spiro atoms. The molecule has 0 aliphatic carbocycles. The van der Waals surface area contributed by atoms with Gasteiger partial charge in [-0.1, -0.05) is 34.8 Å². The molecule has 0 aliphatic rings. The summed E-state index contributed by atoms with van der Waals surface area (Å²) in [6.45, 7) is 0. The van der Waals surface area contributed by atoms with Gasteiger partial charge in [0, 0.05) is 21.8 Å². The van der Waals surface area contributed by atoms with Gasteiger partial charge in [0.2, 0.25) is 0 Å². The van der Waals surface area contributed by atoms with E-state index in [-0.39, 0.29) is 0 Å². The van der Waals surface area contributed by atoms with Crippen LogP contribution in [-0.2, 0) is 0 Å². The van der Waals surface area contributed by atoms with Crippen LogP contribution in [0, 0.1) is 0 Å². The fourth-order valence-corrected chi connectivity index (χ4v) is 2.35. The Morgan fingerprint density at radius 2 is 1.74 bits per heavy atom. The second-order valence-corrected chi connectivity index (χ2v) is 4.98. The van der Waals surface area contributed by atoms with Gasteiger partial charge in [-0.05, 0) is 18.2 Å². The average Bonchev–Trinajstić information content (AvgIpc) is 2.75. The Hall–Kier alpha value is -1.56. The molecule has 5 nitrogen and oxygen atoms in total. The third kappa shape index (κ3) is 2.58. The number of nitrogens with one attached hydrogen (secondary N) is 1. The SMILES string of the molecule is Clc1cc(Cl)cc(Nc2cc(Cl)nc3ncnn23)c1. The van der Waals surface area contributed by atoms with Crippen LogP contribution in [0.4, 0.5) is 11.5 Å². The average molecular weight is 315 g/mol. The zero-order valence-electron chi connectivity index (χ0n) is 9.31. The Bertz CT molecular complexity index is 735. The van der Waals surface area contributed by atoms with Crippen molar-refractivity contribution in [1.82, 2.24) is 19.6 Å². The van der Waals surface area contributed by atoms with Crippen LogP contribution in [0.3, 0.4) is 0 Å². The third-order valence-electron chi connectivity index (χ3n) is 2.36. The highest BCUT2D eigenvalue weighted by Crippen LogP contribution is 2.26. The molecule has 0 saturated carbocycles. The van der Waals surface area contributed by atoms with E-state index in [1.54, 1.807) is 24.3 Å². The summed E-state index contributed by atoms with van der Waals surface area (Å²) in [5, 5.41) is 8.56. The molecular formula is C11H6Cl3N5. The molecule has 0 unspecified atom stereocenters. The fourth-order valence-electron chi connectivity index (χ4n) is 1.65. The number of benzene rings is 1. The Morgan fingerprint density at radius 1 is 1.00 bits per heavy atom. The summed E-state index contributed by atoms with van der Waals surface area (Å²) in [5.41, 5.74) is 0.719. The number of nitrogens with zero attached hydrogens (tertiary/aromatic N) is 4. The highest BCUT2D eigenvalue weighted by Gasteiger charge is 2.07. The predicted octanol–water partition coefficient (Wildman–Crippen LogP) is 3.83. The Labute approximate surface area is 123 Å². The summed E-state index contributed by atoms with van der Waals surface area (Å²) in [4.78, 5) is 8.02. The molecule has 1 N–H and O–H groups in total. The summed E-state index contributed by atoms with van der Waals surface area (Å²) in [6.07, 6.45) is 1.40. The molecule has 1 aromatic carbocycles. The van der Waals surface area contributed by atoms with Crippen LogP contribution in [-0.4, -0.2) is 19.6 Å². The first-order valence-corrected chi connectivity index (χ1v) is 6.34. The predicted molar refractivity (Wildman–Crippen MR) is 75.5 cm³/mol. The van der Waals surface area contributed by atoms with Crippen molar-refractivity contribution in [2.24, 2.45) is 0 Å². The van der Waals surface area contributed by atoms with Crippen molar-refractivity contribution in [2.75, 3.05) is 5.32 Å². The van der Waals surface area contributed by atoms with E-state index in [0.717, 1.165) is 5.69 Å². The van der Waals surface area contributed by atoms with Crippen LogP contribution in [0.1, 0.15) is 0 Å². The number of aromatic nitrogens is 4. The first-order chi connectivity index (χ1) is 9.11. The van der Waals surface area contributed by atoms with Crippen LogP contribution in [0.2, 0.25) is 15.2 Å². The first-order valence-electron chi connectivity index (χ1n) is 5.21. The molecule has 0 radical (unpaired) electrons. The summed E-state index contributed by atoms with van der Waals surface area (Å²) in [6, 6.07) is 6.77. The minimum absolute atomic E-state index is 0.316. The summed E-state index contributed by atoms with van der Waals surface area (Å²) in [7, 11) is 0. The van der Waals surface area contributed by atoms with Crippen molar-refractivity contribution in [1.29, 1.82) is 0 Å². The zero-order chi connectivity index (χ0) is 13.4.